The van der Waals surface area contributed by atoms with Crippen molar-refractivity contribution < 1.29 is 18.3 Å². The summed E-state index contributed by atoms with van der Waals surface area (Å²) in [5.41, 5.74) is 2.03. The number of nitriles is 1. The first-order valence-corrected chi connectivity index (χ1v) is 9.56. The highest BCUT2D eigenvalue weighted by Gasteiger charge is 2.22. The van der Waals surface area contributed by atoms with Crippen LogP contribution in [-0.4, -0.2) is 34.0 Å². The van der Waals surface area contributed by atoms with E-state index in [1.54, 1.807) is 19.1 Å². The zero-order valence-electron chi connectivity index (χ0n) is 14.6. The number of fused-ring (bicyclic) bond motifs is 1. The van der Waals surface area contributed by atoms with Gasteiger partial charge in [0.25, 0.3) is 10.0 Å². The van der Waals surface area contributed by atoms with Crippen LogP contribution in [0.25, 0.3) is 10.9 Å². The number of aromatic nitrogens is 3. The fraction of sp³-hybridized carbons (Fsp3) is 0.235. The molecule has 140 valence electrons. The minimum atomic E-state index is -4.04. The number of H-pyrrole nitrogens is 1. The van der Waals surface area contributed by atoms with E-state index in [1.165, 1.54) is 17.0 Å². The minimum Gasteiger partial charge on any atom is -0.480 e. The largest absolute Gasteiger partial charge is 0.480 e. The Morgan fingerprint density at radius 3 is 2.81 bits per heavy atom. The number of aromatic amines is 1. The standard InChI is InChI=1S/C17H17N5O4S/c1-3-13-20-14(8-22(13)9-15(23)24)27(25,26)21-12-5-4-10(2)16-11(6-18)7-19-17(12)16/h4-5,7-8,19,21H,3,9H2,1-2H3,(H,23,24). The van der Waals surface area contributed by atoms with Crippen LogP contribution in [0.4, 0.5) is 5.69 Å². The number of aliphatic carboxylic acids is 1. The van der Waals surface area contributed by atoms with Crippen molar-refractivity contribution in [1.29, 1.82) is 5.26 Å². The van der Waals surface area contributed by atoms with Gasteiger partial charge in [-0.25, -0.2) is 4.98 Å². The lowest BCUT2D eigenvalue weighted by Gasteiger charge is -2.08. The molecule has 0 spiro atoms. The molecule has 3 N–H and O–H groups in total. The van der Waals surface area contributed by atoms with E-state index in [0.29, 0.717) is 28.7 Å². The summed E-state index contributed by atoms with van der Waals surface area (Å²) in [5.74, 6) is -0.729. The number of carboxylic acid groups (broad SMARTS) is 1. The summed E-state index contributed by atoms with van der Waals surface area (Å²) < 4.78 is 29.3. The molecule has 0 atom stereocenters. The summed E-state index contributed by atoms with van der Waals surface area (Å²) >= 11 is 0. The van der Waals surface area contributed by atoms with Crippen molar-refractivity contribution in [2.24, 2.45) is 0 Å². The number of carbonyl (C=O) groups is 1. The van der Waals surface area contributed by atoms with Crippen molar-refractivity contribution in [3.63, 3.8) is 0 Å². The summed E-state index contributed by atoms with van der Waals surface area (Å²) in [6.45, 7) is 3.22. The Bertz CT molecular complexity index is 1180. The van der Waals surface area contributed by atoms with Gasteiger partial charge in [-0.05, 0) is 18.6 Å². The predicted molar refractivity (Wildman–Crippen MR) is 97.8 cm³/mol. The molecule has 0 saturated carbocycles. The molecule has 3 aromatic rings. The fourth-order valence-corrected chi connectivity index (χ4v) is 3.97. The van der Waals surface area contributed by atoms with Crippen LogP contribution in [0.15, 0.2) is 29.6 Å². The molecule has 1 aromatic carbocycles. The summed E-state index contributed by atoms with van der Waals surface area (Å²) in [5, 5.41) is 18.6. The molecule has 0 aliphatic carbocycles. The maximum atomic E-state index is 12.8. The fourth-order valence-electron chi connectivity index (χ4n) is 2.91. The summed E-state index contributed by atoms with van der Waals surface area (Å²) in [6.07, 6.45) is 3.11. The molecular formula is C17H17N5O4S. The van der Waals surface area contributed by atoms with E-state index in [1.807, 2.05) is 6.92 Å². The third-order valence-corrected chi connectivity index (χ3v) is 5.38. The van der Waals surface area contributed by atoms with E-state index < -0.39 is 16.0 Å². The predicted octanol–water partition coefficient (Wildman–Crippen LogP) is 1.99. The number of rotatable bonds is 6. The van der Waals surface area contributed by atoms with Crippen LogP contribution >= 0.6 is 0 Å². The second-order valence-electron chi connectivity index (χ2n) is 5.97. The molecule has 10 heteroatoms. The maximum Gasteiger partial charge on any atom is 0.323 e. The van der Waals surface area contributed by atoms with Crippen LogP contribution in [0.1, 0.15) is 23.9 Å². The van der Waals surface area contributed by atoms with Crippen molar-refractivity contribution in [3.8, 4) is 6.07 Å². The third kappa shape index (κ3) is 3.37. The number of hydrogen-bond donors (Lipinski definition) is 3. The molecule has 0 fully saturated rings. The van der Waals surface area contributed by atoms with Crippen LogP contribution in [0, 0.1) is 18.3 Å². The van der Waals surface area contributed by atoms with Gasteiger partial charge in [-0.3, -0.25) is 9.52 Å². The summed E-state index contributed by atoms with van der Waals surface area (Å²) in [4.78, 5) is 17.9. The van der Waals surface area contributed by atoms with Crippen molar-refractivity contribution in [2.75, 3.05) is 4.72 Å². The number of imidazole rings is 1. The molecule has 0 amide bonds. The van der Waals surface area contributed by atoms with Gasteiger partial charge in [0.05, 0.1) is 16.8 Å². The van der Waals surface area contributed by atoms with E-state index >= 15 is 0 Å². The molecule has 2 heterocycles. The zero-order valence-corrected chi connectivity index (χ0v) is 15.5. The topological polar surface area (TPSA) is 141 Å². The number of anilines is 1. The van der Waals surface area contributed by atoms with E-state index in [2.05, 4.69) is 20.8 Å². The minimum absolute atomic E-state index is 0.263. The Morgan fingerprint density at radius 1 is 1.44 bits per heavy atom. The van der Waals surface area contributed by atoms with E-state index in [4.69, 9.17) is 5.11 Å². The number of nitrogens with zero attached hydrogens (tertiary/aromatic N) is 3. The van der Waals surface area contributed by atoms with Crippen LogP contribution in [-0.2, 0) is 27.8 Å². The first kappa shape index (κ1) is 18.5. The molecule has 2 aromatic heterocycles. The Labute approximate surface area is 155 Å². The first-order valence-electron chi connectivity index (χ1n) is 8.08. The Hall–Kier alpha value is -3.32. The molecule has 3 rings (SSSR count). The van der Waals surface area contributed by atoms with Crippen LogP contribution < -0.4 is 4.72 Å². The van der Waals surface area contributed by atoms with Crippen molar-refractivity contribution in [3.05, 3.63) is 41.5 Å². The molecule has 0 bridgehead atoms. The molecule has 0 unspecified atom stereocenters. The Balaban J connectivity index is 2.03. The Kier molecular flexibility index (Phi) is 4.63. The van der Waals surface area contributed by atoms with Crippen molar-refractivity contribution in [1.82, 2.24) is 14.5 Å². The average molecular weight is 387 g/mol. The lowest BCUT2D eigenvalue weighted by molar-refractivity contribution is -0.137. The SMILES string of the molecule is CCc1nc(S(=O)(=O)Nc2ccc(C)c3c(C#N)c[nH]c23)cn1CC(=O)O. The van der Waals surface area contributed by atoms with Gasteiger partial charge in [0.15, 0.2) is 5.03 Å². The summed E-state index contributed by atoms with van der Waals surface area (Å²) in [6, 6.07) is 5.39. The van der Waals surface area contributed by atoms with Crippen LogP contribution in [0.3, 0.4) is 0 Å². The van der Waals surface area contributed by atoms with Gasteiger partial charge in [0, 0.05) is 24.2 Å². The number of aryl methyl sites for hydroxylation is 2. The normalized spacial score (nSPS) is 11.4. The van der Waals surface area contributed by atoms with E-state index in [9.17, 15) is 18.5 Å². The Morgan fingerprint density at radius 2 is 2.19 bits per heavy atom. The lowest BCUT2D eigenvalue weighted by Crippen LogP contribution is -2.14. The zero-order chi connectivity index (χ0) is 19.8. The van der Waals surface area contributed by atoms with Gasteiger partial charge in [0.1, 0.15) is 18.4 Å². The van der Waals surface area contributed by atoms with E-state index in [-0.39, 0.29) is 17.3 Å². The smallest absolute Gasteiger partial charge is 0.323 e. The van der Waals surface area contributed by atoms with Crippen molar-refractivity contribution >= 4 is 32.6 Å². The molecule has 0 radical (unpaired) electrons. The monoisotopic (exact) mass is 387 g/mol. The second kappa shape index (κ2) is 6.77. The molecule has 27 heavy (non-hydrogen) atoms. The third-order valence-electron chi connectivity index (χ3n) is 4.14. The number of sulfonamides is 1. The quantitative estimate of drug-likeness (QED) is 0.591. The molecular weight excluding hydrogens is 370 g/mol. The molecule has 9 nitrogen and oxygen atoms in total. The van der Waals surface area contributed by atoms with Gasteiger partial charge in [-0.15, -0.1) is 0 Å². The number of hydrogen-bond acceptors (Lipinski definition) is 5. The van der Waals surface area contributed by atoms with Gasteiger partial charge in [0.2, 0.25) is 0 Å². The van der Waals surface area contributed by atoms with Crippen molar-refractivity contribution in [2.45, 2.75) is 31.8 Å². The van der Waals surface area contributed by atoms with Gasteiger partial charge in [-0.2, -0.15) is 13.7 Å². The van der Waals surface area contributed by atoms with Gasteiger partial charge >= 0.3 is 5.97 Å². The first-order chi connectivity index (χ1) is 12.8. The average Bonchev–Trinajstić information content (AvgIpc) is 3.21. The highest BCUT2D eigenvalue weighted by molar-refractivity contribution is 7.92. The molecule has 0 saturated heterocycles. The highest BCUT2D eigenvalue weighted by Crippen LogP contribution is 2.29. The molecule has 0 aliphatic rings. The number of benzene rings is 1. The van der Waals surface area contributed by atoms with Gasteiger partial charge in [-0.1, -0.05) is 13.0 Å². The molecule has 0 aliphatic heterocycles. The lowest BCUT2D eigenvalue weighted by atomic mass is 10.1. The second-order valence-corrected chi connectivity index (χ2v) is 7.60. The van der Waals surface area contributed by atoms with Crippen LogP contribution in [0.2, 0.25) is 0 Å². The van der Waals surface area contributed by atoms with Gasteiger partial charge < -0.3 is 14.7 Å². The highest BCUT2D eigenvalue weighted by atomic mass is 32.2. The number of nitrogens with one attached hydrogen (secondary N) is 2. The van der Waals surface area contributed by atoms with Crippen LogP contribution in [0.5, 0.6) is 0 Å². The summed E-state index contributed by atoms with van der Waals surface area (Å²) in [7, 11) is -4.04. The number of carboxylic acids is 1. The maximum absolute atomic E-state index is 12.8. The van der Waals surface area contributed by atoms with E-state index in [0.717, 1.165) is 5.56 Å².